The van der Waals surface area contributed by atoms with Crippen LogP contribution < -0.4 is 5.73 Å². The molecule has 0 fully saturated rings. The molecule has 17 heavy (non-hydrogen) atoms. The van der Waals surface area contributed by atoms with E-state index in [1.807, 2.05) is 0 Å². The van der Waals surface area contributed by atoms with E-state index in [0.717, 1.165) is 6.07 Å². The van der Waals surface area contributed by atoms with Gasteiger partial charge in [0.2, 0.25) is 0 Å². The number of nitrogens with zero attached hydrogens (tertiary/aromatic N) is 2. The van der Waals surface area contributed by atoms with Crippen LogP contribution in [0, 0.1) is 0 Å². The van der Waals surface area contributed by atoms with Crippen LogP contribution in [-0.4, -0.2) is 9.97 Å². The first-order chi connectivity index (χ1) is 7.98. The molecule has 0 amide bonds. The molecule has 1 aromatic carbocycles. The van der Waals surface area contributed by atoms with E-state index in [2.05, 4.69) is 9.97 Å². The number of alkyl halides is 3. The molecule has 0 saturated heterocycles. The highest BCUT2D eigenvalue weighted by molar-refractivity contribution is 5.66. The maximum atomic E-state index is 12.6. The smallest absolute Gasteiger partial charge is 0.398 e. The Morgan fingerprint density at radius 1 is 1.00 bits per heavy atom. The maximum Gasteiger partial charge on any atom is 0.418 e. The van der Waals surface area contributed by atoms with Gasteiger partial charge < -0.3 is 5.73 Å². The summed E-state index contributed by atoms with van der Waals surface area (Å²) in [5.74, 6) is 0. The first kappa shape index (κ1) is 11.4. The van der Waals surface area contributed by atoms with Crippen LogP contribution in [0.3, 0.4) is 0 Å². The Hall–Kier alpha value is -2.11. The molecule has 0 spiro atoms. The fourth-order valence-electron chi connectivity index (χ4n) is 1.43. The summed E-state index contributed by atoms with van der Waals surface area (Å²) < 4.78 is 37.9. The molecule has 1 heterocycles. The number of aromatic nitrogens is 2. The second kappa shape index (κ2) is 4.04. The Bertz CT molecular complexity index is 523. The Morgan fingerprint density at radius 3 is 2.24 bits per heavy atom. The van der Waals surface area contributed by atoms with Crippen LogP contribution in [0.2, 0.25) is 0 Å². The molecular formula is C11H8F3N3. The van der Waals surface area contributed by atoms with Crippen molar-refractivity contribution in [1.82, 2.24) is 9.97 Å². The van der Waals surface area contributed by atoms with Gasteiger partial charge in [-0.3, -0.25) is 0 Å². The first-order valence-electron chi connectivity index (χ1n) is 4.70. The lowest BCUT2D eigenvalue weighted by atomic mass is 10.0. The average molecular weight is 239 g/mol. The van der Waals surface area contributed by atoms with Crippen LogP contribution in [0.4, 0.5) is 18.9 Å². The second-order valence-corrected chi connectivity index (χ2v) is 3.43. The molecule has 2 N–H and O–H groups in total. The zero-order valence-corrected chi connectivity index (χ0v) is 8.57. The number of hydrogen-bond acceptors (Lipinski definition) is 3. The van der Waals surface area contributed by atoms with Crippen molar-refractivity contribution in [2.24, 2.45) is 0 Å². The standard InChI is InChI=1S/C11H8F3N3/c12-11(13,14)9-3-7(1-2-10(9)15)8-4-16-6-17-5-8/h1-6H,15H2. The Balaban J connectivity index is 2.53. The maximum absolute atomic E-state index is 12.6. The van der Waals surface area contributed by atoms with Crippen LogP contribution in [0.1, 0.15) is 5.56 Å². The molecule has 0 bridgehead atoms. The van der Waals surface area contributed by atoms with E-state index in [1.54, 1.807) is 0 Å². The molecule has 0 aliphatic heterocycles. The van der Waals surface area contributed by atoms with E-state index >= 15 is 0 Å². The van der Waals surface area contributed by atoms with E-state index in [1.165, 1.54) is 30.9 Å². The minimum atomic E-state index is -4.46. The third-order valence-corrected chi connectivity index (χ3v) is 2.25. The highest BCUT2D eigenvalue weighted by Crippen LogP contribution is 2.35. The van der Waals surface area contributed by atoms with E-state index in [9.17, 15) is 13.2 Å². The second-order valence-electron chi connectivity index (χ2n) is 3.43. The average Bonchev–Trinajstić information content (AvgIpc) is 2.29. The highest BCUT2D eigenvalue weighted by Gasteiger charge is 2.33. The molecule has 0 atom stereocenters. The molecular weight excluding hydrogens is 231 g/mol. The van der Waals surface area contributed by atoms with Crippen molar-refractivity contribution in [2.45, 2.75) is 6.18 Å². The van der Waals surface area contributed by atoms with Gasteiger partial charge in [0.05, 0.1) is 5.56 Å². The van der Waals surface area contributed by atoms with Gasteiger partial charge in [0, 0.05) is 23.6 Å². The normalized spacial score (nSPS) is 11.5. The van der Waals surface area contributed by atoms with Crippen LogP contribution >= 0.6 is 0 Å². The number of hydrogen-bond donors (Lipinski definition) is 1. The number of nitrogens with two attached hydrogens (primary N) is 1. The quantitative estimate of drug-likeness (QED) is 0.778. The summed E-state index contributed by atoms with van der Waals surface area (Å²) in [6.45, 7) is 0. The zero-order valence-electron chi connectivity index (χ0n) is 8.57. The lowest BCUT2D eigenvalue weighted by Crippen LogP contribution is -2.08. The van der Waals surface area contributed by atoms with E-state index < -0.39 is 11.7 Å². The molecule has 1 aromatic heterocycles. The van der Waals surface area contributed by atoms with Gasteiger partial charge in [-0.2, -0.15) is 13.2 Å². The summed E-state index contributed by atoms with van der Waals surface area (Å²) in [4.78, 5) is 7.50. The summed E-state index contributed by atoms with van der Waals surface area (Å²) in [5.41, 5.74) is 5.05. The summed E-state index contributed by atoms with van der Waals surface area (Å²) in [6, 6.07) is 3.72. The van der Waals surface area contributed by atoms with Crippen LogP contribution in [0.5, 0.6) is 0 Å². The van der Waals surface area contributed by atoms with Crippen molar-refractivity contribution in [3.63, 3.8) is 0 Å². The van der Waals surface area contributed by atoms with E-state index in [0.29, 0.717) is 11.1 Å². The molecule has 0 unspecified atom stereocenters. The zero-order chi connectivity index (χ0) is 12.5. The third kappa shape index (κ3) is 2.35. The Labute approximate surface area is 95.1 Å². The van der Waals surface area contributed by atoms with Crippen LogP contribution in [-0.2, 0) is 6.18 Å². The van der Waals surface area contributed by atoms with Gasteiger partial charge in [-0.05, 0) is 17.7 Å². The van der Waals surface area contributed by atoms with Gasteiger partial charge in [-0.1, -0.05) is 6.07 Å². The first-order valence-corrected chi connectivity index (χ1v) is 4.70. The number of halogens is 3. The van der Waals surface area contributed by atoms with Crippen LogP contribution in [0.25, 0.3) is 11.1 Å². The third-order valence-electron chi connectivity index (χ3n) is 2.25. The molecule has 6 heteroatoms. The molecule has 88 valence electrons. The molecule has 2 aromatic rings. The lowest BCUT2D eigenvalue weighted by molar-refractivity contribution is -0.136. The predicted molar refractivity (Wildman–Crippen MR) is 56.9 cm³/mol. The minimum Gasteiger partial charge on any atom is -0.398 e. The summed E-state index contributed by atoms with van der Waals surface area (Å²) in [7, 11) is 0. The van der Waals surface area contributed by atoms with Gasteiger partial charge in [0.25, 0.3) is 0 Å². The van der Waals surface area contributed by atoms with Crippen molar-refractivity contribution in [3.8, 4) is 11.1 Å². The minimum absolute atomic E-state index is 0.293. The van der Waals surface area contributed by atoms with Gasteiger partial charge in [0.15, 0.2) is 0 Å². The number of benzene rings is 1. The van der Waals surface area contributed by atoms with Crippen molar-refractivity contribution in [2.75, 3.05) is 5.73 Å². The summed E-state index contributed by atoms with van der Waals surface area (Å²) >= 11 is 0. The molecule has 0 aliphatic rings. The summed E-state index contributed by atoms with van der Waals surface area (Å²) in [5, 5.41) is 0. The SMILES string of the molecule is Nc1ccc(-c2cncnc2)cc1C(F)(F)F. The molecule has 0 saturated carbocycles. The Morgan fingerprint density at radius 2 is 1.65 bits per heavy atom. The van der Waals surface area contributed by atoms with E-state index in [4.69, 9.17) is 5.73 Å². The number of nitrogen functional groups attached to an aromatic ring is 1. The van der Waals surface area contributed by atoms with Gasteiger partial charge in [-0.15, -0.1) is 0 Å². The monoisotopic (exact) mass is 239 g/mol. The van der Waals surface area contributed by atoms with E-state index in [-0.39, 0.29) is 5.69 Å². The lowest BCUT2D eigenvalue weighted by Gasteiger charge is -2.11. The molecule has 0 radical (unpaired) electrons. The highest BCUT2D eigenvalue weighted by atomic mass is 19.4. The van der Waals surface area contributed by atoms with Gasteiger partial charge in [0.1, 0.15) is 6.33 Å². The molecule has 0 aliphatic carbocycles. The summed E-state index contributed by atoms with van der Waals surface area (Å²) in [6.07, 6.45) is -0.265. The van der Waals surface area contributed by atoms with Crippen molar-refractivity contribution in [1.29, 1.82) is 0 Å². The number of anilines is 1. The van der Waals surface area contributed by atoms with Crippen molar-refractivity contribution in [3.05, 3.63) is 42.5 Å². The molecule has 3 nitrogen and oxygen atoms in total. The Kier molecular flexibility index (Phi) is 2.71. The number of rotatable bonds is 1. The van der Waals surface area contributed by atoms with Gasteiger partial charge >= 0.3 is 6.18 Å². The largest absolute Gasteiger partial charge is 0.418 e. The fourth-order valence-corrected chi connectivity index (χ4v) is 1.43. The molecule has 2 rings (SSSR count). The van der Waals surface area contributed by atoms with Crippen molar-refractivity contribution < 1.29 is 13.2 Å². The predicted octanol–water partition coefficient (Wildman–Crippen LogP) is 2.74. The van der Waals surface area contributed by atoms with Crippen molar-refractivity contribution >= 4 is 5.69 Å². The topological polar surface area (TPSA) is 51.8 Å². The van der Waals surface area contributed by atoms with Gasteiger partial charge in [-0.25, -0.2) is 9.97 Å². The van der Waals surface area contributed by atoms with Crippen LogP contribution in [0.15, 0.2) is 36.9 Å². The fraction of sp³-hybridized carbons (Fsp3) is 0.0909.